The fourth-order valence-corrected chi connectivity index (χ4v) is 4.09. The zero-order chi connectivity index (χ0) is 15.2. The first-order valence-corrected chi connectivity index (χ1v) is 8.90. The number of carbonyl (C=O) groups excluding carboxylic acids is 2. The van der Waals surface area contributed by atoms with Gasteiger partial charge in [0.05, 0.1) is 24.8 Å². The van der Waals surface area contributed by atoms with E-state index < -0.39 is 0 Å². The molecule has 0 saturated carbocycles. The zero-order valence-corrected chi connectivity index (χ0v) is 13.7. The lowest BCUT2D eigenvalue weighted by molar-refractivity contribution is -0.139. The van der Waals surface area contributed by atoms with Crippen molar-refractivity contribution in [3.05, 3.63) is 11.3 Å². The van der Waals surface area contributed by atoms with Crippen molar-refractivity contribution in [1.29, 1.82) is 0 Å². The highest BCUT2D eigenvalue weighted by Crippen LogP contribution is 2.26. The van der Waals surface area contributed by atoms with Crippen LogP contribution in [0.2, 0.25) is 0 Å². The molecule has 2 aliphatic heterocycles. The van der Waals surface area contributed by atoms with Crippen LogP contribution in [0.15, 0.2) is 16.3 Å². The van der Waals surface area contributed by atoms with Crippen molar-refractivity contribution in [3.8, 4) is 0 Å². The number of nitrogens with one attached hydrogen (secondary N) is 2. The molecule has 2 aliphatic rings. The molecule has 0 aromatic rings. The number of rotatable bonds is 5. The number of hydrogen-bond donors (Lipinski definition) is 2. The number of nitrogens with zero attached hydrogens (tertiary/aromatic N) is 1. The van der Waals surface area contributed by atoms with Gasteiger partial charge in [-0.25, -0.2) is 9.59 Å². The van der Waals surface area contributed by atoms with Gasteiger partial charge in [0.25, 0.3) is 0 Å². The van der Waals surface area contributed by atoms with Crippen LogP contribution < -0.4 is 10.6 Å². The van der Waals surface area contributed by atoms with Crippen molar-refractivity contribution in [2.24, 2.45) is 4.99 Å². The summed E-state index contributed by atoms with van der Waals surface area (Å²) in [6.45, 7) is 4.85. The average molecular weight is 329 g/mol. The second-order valence-electron chi connectivity index (χ2n) is 4.46. The van der Waals surface area contributed by atoms with E-state index in [0.29, 0.717) is 30.1 Å². The minimum absolute atomic E-state index is 0.272. The highest BCUT2D eigenvalue weighted by atomic mass is 32.2. The highest BCUT2D eigenvalue weighted by molar-refractivity contribution is 8.39. The minimum Gasteiger partial charge on any atom is -0.463 e. The van der Waals surface area contributed by atoms with E-state index in [9.17, 15) is 9.59 Å². The fraction of sp³-hybridized carbons (Fsp3) is 0.615. The van der Waals surface area contributed by atoms with E-state index in [-0.39, 0.29) is 18.0 Å². The second-order valence-corrected chi connectivity index (χ2v) is 6.76. The first-order chi connectivity index (χ1) is 10.2. The summed E-state index contributed by atoms with van der Waals surface area (Å²) in [7, 11) is 0. The van der Waals surface area contributed by atoms with Crippen LogP contribution in [0, 0.1) is 0 Å². The Balaban J connectivity index is 2.18. The predicted octanol–water partition coefficient (Wildman–Crippen LogP) is 1.73. The smallest absolute Gasteiger partial charge is 0.337 e. The van der Waals surface area contributed by atoms with E-state index in [1.165, 1.54) is 0 Å². The SMILES string of the molecule is CCOC(=O)C1=C(CSC2=NCCS2)NC(=O)N[C@@H]1CC. The van der Waals surface area contributed by atoms with E-state index in [1.807, 2.05) is 6.92 Å². The lowest BCUT2D eigenvalue weighted by Gasteiger charge is -2.28. The van der Waals surface area contributed by atoms with E-state index in [2.05, 4.69) is 15.6 Å². The van der Waals surface area contributed by atoms with Crippen LogP contribution in [0.25, 0.3) is 0 Å². The Morgan fingerprint density at radius 3 is 2.95 bits per heavy atom. The lowest BCUT2D eigenvalue weighted by atomic mass is 10.0. The van der Waals surface area contributed by atoms with Gasteiger partial charge in [0, 0.05) is 17.2 Å². The molecular weight excluding hydrogens is 310 g/mol. The maximum atomic E-state index is 12.2. The minimum atomic E-state index is -0.367. The molecule has 2 rings (SSSR count). The van der Waals surface area contributed by atoms with Crippen molar-refractivity contribution in [3.63, 3.8) is 0 Å². The molecule has 0 aromatic carbocycles. The quantitative estimate of drug-likeness (QED) is 0.751. The number of urea groups is 1. The van der Waals surface area contributed by atoms with Crippen LogP contribution in [0.1, 0.15) is 20.3 Å². The average Bonchev–Trinajstić information content (AvgIpc) is 2.97. The molecule has 0 aromatic heterocycles. The number of ether oxygens (including phenoxy) is 1. The van der Waals surface area contributed by atoms with Crippen LogP contribution in [-0.2, 0) is 9.53 Å². The van der Waals surface area contributed by atoms with E-state index in [0.717, 1.165) is 16.7 Å². The summed E-state index contributed by atoms with van der Waals surface area (Å²) in [5, 5.41) is 5.50. The topological polar surface area (TPSA) is 79.8 Å². The second kappa shape index (κ2) is 7.74. The van der Waals surface area contributed by atoms with E-state index >= 15 is 0 Å². The van der Waals surface area contributed by atoms with Gasteiger partial charge in [-0.2, -0.15) is 0 Å². The Morgan fingerprint density at radius 1 is 1.52 bits per heavy atom. The molecule has 0 saturated heterocycles. The van der Waals surface area contributed by atoms with E-state index in [1.54, 1.807) is 30.4 Å². The van der Waals surface area contributed by atoms with Gasteiger partial charge in [-0.15, -0.1) is 0 Å². The maximum absolute atomic E-state index is 12.2. The molecule has 2 heterocycles. The Bertz CT molecular complexity index is 491. The van der Waals surface area contributed by atoms with Crippen molar-refractivity contribution >= 4 is 39.9 Å². The Hall–Kier alpha value is -1.15. The van der Waals surface area contributed by atoms with Gasteiger partial charge in [0.1, 0.15) is 4.38 Å². The molecule has 0 spiro atoms. The monoisotopic (exact) mass is 329 g/mol. The predicted molar refractivity (Wildman–Crippen MR) is 86.6 cm³/mol. The lowest BCUT2D eigenvalue weighted by Crippen LogP contribution is -2.50. The van der Waals surface area contributed by atoms with Gasteiger partial charge >= 0.3 is 12.0 Å². The number of esters is 1. The van der Waals surface area contributed by atoms with Crippen molar-refractivity contribution in [2.45, 2.75) is 26.3 Å². The fourth-order valence-electron chi connectivity index (χ4n) is 2.11. The van der Waals surface area contributed by atoms with Gasteiger partial charge in [-0.3, -0.25) is 4.99 Å². The zero-order valence-electron chi connectivity index (χ0n) is 12.1. The summed E-state index contributed by atoms with van der Waals surface area (Å²) >= 11 is 3.25. The van der Waals surface area contributed by atoms with Crippen LogP contribution in [0.3, 0.4) is 0 Å². The van der Waals surface area contributed by atoms with Crippen LogP contribution in [0.4, 0.5) is 4.79 Å². The van der Waals surface area contributed by atoms with Gasteiger partial charge in [0.2, 0.25) is 0 Å². The van der Waals surface area contributed by atoms with Crippen LogP contribution in [-0.4, -0.2) is 47.1 Å². The molecule has 2 N–H and O–H groups in total. The number of carbonyl (C=O) groups is 2. The van der Waals surface area contributed by atoms with Gasteiger partial charge < -0.3 is 15.4 Å². The van der Waals surface area contributed by atoms with Crippen LogP contribution in [0.5, 0.6) is 0 Å². The van der Waals surface area contributed by atoms with Gasteiger partial charge in [0.15, 0.2) is 0 Å². The maximum Gasteiger partial charge on any atom is 0.337 e. The third kappa shape index (κ3) is 4.16. The summed E-state index contributed by atoms with van der Waals surface area (Å²) in [4.78, 5) is 28.2. The molecular formula is C13H19N3O3S2. The molecule has 0 bridgehead atoms. The third-order valence-electron chi connectivity index (χ3n) is 3.04. The molecule has 116 valence electrons. The molecule has 0 fully saturated rings. The first kappa shape index (κ1) is 16.2. The molecule has 21 heavy (non-hydrogen) atoms. The summed E-state index contributed by atoms with van der Waals surface area (Å²) in [6, 6.07) is -0.571. The summed E-state index contributed by atoms with van der Waals surface area (Å²) < 4.78 is 6.12. The molecule has 2 amide bonds. The summed E-state index contributed by atoms with van der Waals surface area (Å²) in [5.41, 5.74) is 1.15. The van der Waals surface area contributed by atoms with Crippen LogP contribution >= 0.6 is 23.5 Å². The van der Waals surface area contributed by atoms with Crippen molar-refractivity contribution < 1.29 is 14.3 Å². The Kier molecular flexibility index (Phi) is 5.98. The Morgan fingerprint density at radius 2 is 2.33 bits per heavy atom. The van der Waals surface area contributed by atoms with Crippen molar-refractivity contribution in [2.75, 3.05) is 24.7 Å². The Labute approximate surface area is 132 Å². The normalized spacial score (nSPS) is 21.7. The third-order valence-corrected chi connectivity index (χ3v) is 5.32. The van der Waals surface area contributed by atoms with Gasteiger partial charge in [-0.05, 0) is 13.3 Å². The molecule has 0 aliphatic carbocycles. The summed E-state index contributed by atoms with van der Waals surface area (Å²) in [6.07, 6.45) is 0.644. The molecule has 6 nitrogen and oxygen atoms in total. The molecule has 8 heteroatoms. The van der Waals surface area contributed by atoms with Crippen molar-refractivity contribution in [1.82, 2.24) is 10.6 Å². The first-order valence-electron chi connectivity index (χ1n) is 6.93. The summed E-state index contributed by atoms with van der Waals surface area (Å²) in [5.74, 6) is 1.15. The number of amides is 2. The highest BCUT2D eigenvalue weighted by Gasteiger charge is 2.31. The van der Waals surface area contributed by atoms with E-state index in [4.69, 9.17) is 4.74 Å². The number of hydrogen-bond acceptors (Lipinski definition) is 6. The standard InChI is InChI=1S/C13H19N3O3S2/c1-3-8-10(11(17)19-4-2)9(16-12(18)15-8)7-21-13-14-5-6-20-13/h8H,3-7H2,1-2H3,(H2,15,16,18)/t8-/m1/s1. The molecule has 0 unspecified atom stereocenters. The van der Waals surface area contributed by atoms with Gasteiger partial charge in [-0.1, -0.05) is 30.4 Å². The largest absolute Gasteiger partial charge is 0.463 e. The number of aliphatic imine (C=N–C) groups is 1. The number of thioether (sulfide) groups is 2. The molecule has 1 atom stereocenters. The molecule has 0 radical (unpaired) electrons.